The van der Waals surface area contributed by atoms with Crippen LogP contribution in [-0.4, -0.2) is 27.1 Å². The van der Waals surface area contributed by atoms with Crippen LogP contribution in [0.15, 0.2) is 90.5 Å². The zero-order valence-electron chi connectivity index (χ0n) is 19.7. The molecular weight excluding hydrogens is 456 g/mol. The zero-order chi connectivity index (χ0) is 24.4. The van der Waals surface area contributed by atoms with Gasteiger partial charge in [0.15, 0.2) is 0 Å². The van der Waals surface area contributed by atoms with E-state index in [1.807, 2.05) is 78.9 Å². The number of carbonyl (C=O) groups excluding carboxylic acids is 1. The van der Waals surface area contributed by atoms with Gasteiger partial charge in [0.2, 0.25) is 5.78 Å². The highest BCUT2D eigenvalue weighted by Gasteiger charge is 2.22. The monoisotopic (exact) mass is 480 g/mol. The van der Waals surface area contributed by atoms with Gasteiger partial charge in [-0.1, -0.05) is 54.6 Å². The van der Waals surface area contributed by atoms with Crippen LogP contribution in [0, 0.1) is 0 Å². The molecule has 174 valence electrons. The Morgan fingerprint density at radius 2 is 1.57 bits per heavy atom. The number of allylic oxidation sites excluding steroid dienone is 4. The van der Waals surface area contributed by atoms with E-state index in [2.05, 4.69) is 12.1 Å². The maximum absolute atomic E-state index is 13.4. The second-order valence-corrected chi connectivity index (χ2v) is 9.05. The van der Waals surface area contributed by atoms with Gasteiger partial charge in [-0.2, -0.15) is 0 Å². The summed E-state index contributed by atoms with van der Waals surface area (Å²) < 4.78 is 17.5. The molecule has 4 nitrogen and oxygen atoms in total. The molecule has 3 aromatic carbocycles. The topological polar surface area (TPSA) is 44.8 Å². The molecule has 0 aliphatic heterocycles. The van der Waals surface area contributed by atoms with Gasteiger partial charge < -0.3 is 14.2 Å². The number of benzene rings is 3. The van der Waals surface area contributed by atoms with Crippen molar-refractivity contribution < 1.29 is 19.0 Å². The van der Waals surface area contributed by atoms with Gasteiger partial charge in [-0.15, -0.1) is 11.3 Å². The average molecular weight is 481 g/mol. The number of ether oxygens (including phenoxy) is 3. The first-order chi connectivity index (χ1) is 17.1. The first kappa shape index (κ1) is 22.7. The van der Waals surface area contributed by atoms with Gasteiger partial charge >= 0.3 is 0 Å². The minimum absolute atomic E-state index is 0.0377. The van der Waals surface area contributed by atoms with Gasteiger partial charge in [-0.3, -0.25) is 4.79 Å². The molecule has 1 aliphatic carbocycles. The summed E-state index contributed by atoms with van der Waals surface area (Å²) in [4.78, 5) is 14.1. The molecule has 1 aromatic heterocycles. The molecule has 0 amide bonds. The number of carbonyl (C=O) groups is 1. The van der Waals surface area contributed by atoms with Crippen LogP contribution in [-0.2, 0) is 0 Å². The highest BCUT2D eigenvalue weighted by molar-refractivity contribution is 7.21. The zero-order valence-corrected chi connectivity index (χ0v) is 20.5. The number of methoxy groups -OCH3 is 3. The summed E-state index contributed by atoms with van der Waals surface area (Å²) in [5.41, 5.74) is 4.43. The van der Waals surface area contributed by atoms with Gasteiger partial charge in [0.05, 0.1) is 26.2 Å². The Morgan fingerprint density at radius 3 is 2.31 bits per heavy atom. The van der Waals surface area contributed by atoms with E-state index >= 15 is 0 Å². The lowest BCUT2D eigenvalue weighted by Gasteiger charge is -2.15. The third-order valence-electron chi connectivity index (χ3n) is 6.06. The summed E-state index contributed by atoms with van der Waals surface area (Å²) in [7, 11) is 4.91. The van der Waals surface area contributed by atoms with Crippen LogP contribution in [0.3, 0.4) is 0 Å². The molecule has 0 radical (unpaired) electrons. The van der Waals surface area contributed by atoms with Crippen molar-refractivity contribution in [2.24, 2.45) is 0 Å². The number of ketones is 1. The smallest absolute Gasteiger partial charge is 0.203 e. The van der Waals surface area contributed by atoms with Crippen LogP contribution in [0.2, 0.25) is 0 Å². The molecule has 0 N–H and O–H groups in total. The fourth-order valence-corrected chi connectivity index (χ4v) is 5.37. The van der Waals surface area contributed by atoms with Crippen LogP contribution < -0.4 is 14.2 Å². The molecule has 0 saturated heterocycles. The highest BCUT2D eigenvalue weighted by Crippen LogP contribution is 2.38. The molecule has 5 heteroatoms. The van der Waals surface area contributed by atoms with Gasteiger partial charge in [-0.05, 0) is 41.5 Å². The van der Waals surface area contributed by atoms with E-state index in [4.69, 9.17) is 14.2 Å². The van der Waals surface area contributed by atoms with E-state index < -0.39 is 0 Å². The third-order valence-corrected chi connectivity index (χ3v) is 7.25. The molecule has 5 rings (SSSR count). The molecule has 0 saturated carbocycles. The molecule has 4 aromatic rings. The predicted octanol–water partition coefficient (Wildman–Crippen LogP) is 7.19. The second-order valence-electron chi connectivity index (χ2n) is 8.00. The molecule has 0 fully saturated rings. The van der Waals surface area contributed by atoms with Crippen LogP contribution >= 0.6 is 11.3 Å². The van der Waals surface area contributed by atoms with Crippen LogP contribution in [0.1, 0.15) is 26.4 Å². The van der Waals surface area contributed by atoms with Crippen LogP contribution in [0.4, 0.5) is 0 Å². The maximum atomic E-state index is 13.4. The second kappa shape index (κ2) is 9.65. The normalized spacial score (nSPS) is 14.3. The molecule has 0 spiro atoms. The summed E-state index contributed by atoms with van der Waals surface area (Å²) >= 11 is 1.54. The summed E-state index contributed by atoms with van der Waals surface area (Å²) in [5.74, 6) is 2.20. The predicted molar refractivity (Wildman–Crippen MR) is 143 cm³/mol. The Hall–Kier alpha value is -4.09. The first-order valence-electron chi connectivity index (χ1n) is 11.2. The lowest BCUT2D eigenvalue weighted by Crippen LogP contribution is -2.04. The number of hydrogen-bond acceptors (Lipinski definition) is 5. The Balaban J connectivity index is 1.61. The Bertz CT molecular complexity index is 1500. The van der Waals surface area contributed by atoms with E-state index in [1.165, 1.54) is 0 Å². The molecular formula is C30H24O4S. The summed E-state index contributed by atoms with van der Waals surface area (Å²) in [6.45, 7) is 0. The van der Waals surface area contributed by atoms with Crippen LogP contribution in [0.5, 0.6) is 17.2 Å². The minimum atomic E-state index is 0.0377. The fraction of sp³-hybridized carbons (Fsp3) is 0.100. The van der Waals surface area contributed by atoms with Crippen molar-refractivity contribution >= 4 is 38.9 Å². The molecule has 0 atom stereocenters. The number of rotatable bonds is 6. The van der Waals surface area contributed by atoms with Crippen molar-refractivity contribution in [3.63, 3.8) is 0 Å². The number of fused-ring (bicyclic) bond motifs is 3. The standard InChI is InChI=1S/C30H24O4S/c1-32-21-12-8-19(9-13-21)23(24-17-14-22(33-2)18-27(24)34-3)15-10-20-11-16-26-25-6-4-5-7-28(25)35-30(26)29(20)31/h4-18H,1-3H3/b20-10+,23-15+. The Morgan fingerprint density at radius 1 is 0.829 bits per heavy atom. The van der Waals surface area contributed by atoms with Gasteiger partial charge in [-0.25, -0.2) is 0 Å². The van der Waals surface area contributed by atoms with E-state index in [1.54, 1.807) is 32.7 Å². The van der Waals surface area contributed by atoms with E-state index in [0.29, 0.717) is 17.1 Å². The lowest BCUT2D eigenvalue weighted by molar-refractivity contribution is 0.104. The molecule has 0 bridgehead atoms. The highest BCUT2D eigenvalue weighted by atomic mass is 32.1. The van der Waals surface area contributed by atoms with Gasteiger partial charge in [0.1, 0.15) is 17.2 Å². The molecule has 1 heterocycles. The van der Waals surface area contributed by atoms with E-state index in [9.17, 15) is 4.79 Å². The van der Waals surface area contributed by atoms with Gasteiger partial charge in [0, 0.05) is 32.9 Å². The molecule has 0 unspecified atom stereocenters. The van der Waals surface area contributed by atoms with Crippen molar-refractivity contribution in [3.05, 3.63) is 112 Å². The molecule has 35 heavy (non-hydrogen) atoms. The van der Waals surface area contributed by atoms with Crippen molar-refractivity contribution in [2.45, 2.75) is 0 Å². The fourth-order valence-electron chi connectivity index (χ4n) is 4.22. The van der Waals surface area contributed by atoms with Crippen molar-refractivity contribution in [2.75, 3.05) is 21.3 Å². The maximum Gasteiger partial charge on any atom is 0.203 e. The molecule has 1 aliphatic rings. The summed E-state index contributed by atoms with van der Waals surface area (Å²) in [5, 5.41) is 1.12. The first-order valence-corrected chi connectivity index (χ1v) is 12.0. The third kappa shape index (κ3) is 4.27. The van der Waals surface area contributed by atoms with Gasteiger partial charge in [0.25, 0.3) is 0 Å². The summed E-state index contributed by atoms with van der Waals surface area (Å²) in [6.07, 6.45) is 7.80. The quantitative estimate of drug-likeness (QED) is 0.274. The van der Waals surface area contributed by atoms with Crippen LogP contribution in [0.25, 0.3) is 21.7 Å². The summed E-state index contributed by atoms with van der Waals surface area (Å²) in [6, 6.07) is 21.7. The van der Waals surface area contributed by atoms with E-state index in [0.717, 1.165) is 43.0 Å². The number of Topliss-reactive ketones (excluding diaryl/α,β-unsaturated/α-hetero) is 1. The minimum Gasteiger partial charge on any atom is -0.497 e. The van der Waals surface area contributed by atoms with Crippen molar-refractivity contribution in [3.8, 4) is 17.2 Å². The Labute approximate surface area is 208 Å². The lowest BCUT2D eigenvalue weighted by atomic mass is 9.94. The number of thiophene rings is 1. The SMILES string of the molecule is COc1ccc(/C(=C\C=C2/C=Cc3c(sc4ccccc34)C2=O)c2ccc(OC)cc2OC)cc1. The van der Waals surface area contributed by atoms with Crippen molar-refractivity contribution in [1.29, 1.82) is 0 Å². The van der Waals surface area contributed by atoms with E-state index in [-0.39, 0.29) is 5.78 Å². The number of hydrogen-bond donors (Lipinski definition) is 0. The Kier molecular flexibility index (Phi) is 6.25. The average Bonchev–Trinajstić information content (AvgIpc) is 3.30. The largest absolute Gasteiger partial charge is 0.497 e. The van der Waals surface area contributed by atoms with Crippen molar-refractivity contribution in [1.82, 2.24) is 0 Å².